The maximum absolute atomic E-state index is 3.22. The van der Waals surface area contributed by atoms with Crippen LogP contribution in [0.15, 0.2) is 152 Å². The van der Waals surface area contributed by atoms with Crippen LogP contribution in [0, 0.1) is 19.1 Å². The largest absolute Gasteiger partial charge is 0.344 e. The molecule has 2 aromatic heterocycles. The Kier molecular flexibility index (Phi) is 363. The van der Waals surface area contributed by atoms with Crippen molar-refractivity contribution in [2.45, 2.75) is 90.0 Å². The Morgan fingerprint density at radius 2 is 0.511 bits per heavy atom. The minimum Gasteiger partial charge on any atom is -0.344 e. The molecule has 0 aliphatic rings. The topological polar surface area (TPSA) is 9.86 Å². The van der Waals surface area contributed by atoms with Gasteiger partial charge in [-0.05, 0) is 35.0 Å². The van der Waals surface area contributed by atoms with Gasteiger partial charge in [0.05, 0.1) is 0 Å². The van der Waals surface area contributed by atoms with Crippen molar-refractivity contribution in [3.8, 4) is 11.1 Å². The Hall–Kier alpha value is 28.6. The molecule has 0 bridgehead atoms. The molecule has 7 aromatic carbocycles. The fourth-order valence-corrected chi connectivity index (χ4v) is 6.41. The molecule has 9 rings (SSSR count). The first-order chi connectivity index (χ1) is 28.1. The summed E-state index contributed by atoms with van der Waals surface area (Å²) in [4.78, 5) is 0. The Labute approximate surface area is 1320 Å². The number of hydrogen-bond acceptors (Lipinski definition) is 0. The van der Waals surface area contributed by atoms with E-state index in [-0.39, 0.29) is 1010 Å². The van der Waals surface area contributed by atoms with Crippen LogP contribution in [0.5, 0.6) is 0 Å². The van der Waals surface area contributed by atoms with Gasteiger partial charge in [-0.25, -0.2) is 11.1 Å². The number of benzene rings is 7. The number of rotatable bonds is 1. The number of aromatic nitrogens is 2. The van der Waals surface area contributed by atoms with Gasteiger partial charge in [-0.15, -0.1) is 12.1 Å². The molecule has 0 unspecified atom stereocenters. The molecule has 0 spiro atoms. The first-order valence-electron chi connectivity index (χ1n) is 21.3. The van der Waals surface area contributed by atoms with Crippen molar-refractivity contribution in [3.63, 3.8) is 0 Å². The van der Waals surface area contributed by atoms with E-state index in [0.29, 0.717) is 0 Å². The molecule has 88 heavy (non-hydrogen) atoms. The molecule has 0 N–H and O–H groups in total. The molecule has 0 atom stereocenters. The summed E-state index contributed by atoms with van der Waals surface area (Å²) in [5.74, 6) is 0. The van der Waals surface area contributed by atoms with Crippen molar-refractivity contribution < 1.29 is 1010 Å². The van der Waals surface area contributed by atoms with Crippen LogP contribution in [-0.4, -0.2) is 9.13 Å². The van der Waals surface area contributed by atoms with Gasteiger partial charge in [-0.2, -0.15) is 48.0 Å². The maximum Gasteiger partial charge on any atom is 0.0495 e. The average Bonchev–Trinajstić information content (AvgIpc) is 3.78. The third-order valence-electron chi connectivity index (χ3n) is 8.67. The first-order valence-corrected chi connectivity index (χ1v) is 21.3. The van der Waals surface area contributed by atoms with E-state index >= 15 is 0 Å². The predicted molar refractivity (Wildman–Crippen MR) is 261 cm³/mol. The van der Waals surface area contributed by atoms with E-state index in [9.17, 15) is 0 Å². The fourth-order valence-electron chi connectivity index (χ4n) is 6.41. The fraction of sp³-hybridized carbons (Fsp3) is 0.273. The number of aryl methyl sites for hydroxylation is 3. The van der Waals surface area contributed by atoms with Gasteiger partial charge in [-0.1, -0.05) is 175 Å². The Bertz CT molecular complexity index is 2440. The summed E-state index contributed by atoms with van der Waals surface area (Å²) >= 11 is 0. The van der Waals surface area contributed by atoms with Crippen LogP contribution in [-0.2, 0) is 1030 Å². The first kappa shape index (κ1) is 213. The summed E-state index contributed by atoms with van der Waals surface area (Å²) < 4.78 is 4.52. The van der Waals surface area contributed by atoms with Crippen LogP contribution < -0.4 is 0 Å². The number of hydrogen-bond donors (Lipinski definition) is 0. The summed E-state index contributed by atoms with van der Waals surface area (Å²) in [6, 6.07) is 59.1. The minimum atomic E-state index is 0. The molecule has 33 heteroatoms. The summed E-state index contributed by atoms with van der Waals surface area (Å²) in [7, 11) is 4.25. The molecule has 0 aliphatic heterocycles. The van der Waals surface area contributed by atoms with Gasteiger partial charge in [-0.3, -0.25) is 0 Å². The SMILES string of the molecule is CC.CC.CC.CC.CC.CC.Cc1ccc[c-]c1-c1[c-]cccc1.Cn1c2ccccc2c2c3ccccc3ccc21.Cn1c2ccccc2c2ccccc21.[Y].[Y].[Y].[Y].[Y].[Y].[Y].[Y].[Y].[Y].[Y].[Y].[Y].[Y].[Y].[Y].[Y].[Y].[Y].[Y].[Y].[Y].[Y].[Y].[Y].[Y].[Y].[Y].[Y].[Y].[Y]. The maximum atomic E-state index is 3.22. The summed E-state index contributed by atoms with van der Waals surface area (Å²) in [6.45, 7) is 26.1. The molecule has 2 nitrogen and oxygen atoms in total. The third kappa shape index (κ3) is 84.1. The van der Waals surface area contributed by atoms with E-state index in [4.69, 9.17) is 0 Å². The van der Waals surface area contributed by atoms with E-state index in [0.717, 1.165) is 11.1 Å². The van der Waals surface area contributed by atoms with E-state index in [2.05, 4.69) is 164 Å². The second kappa shape index (κ2) is 150. The van der Waals surface area contributed by atoms with E-state index < -0.39 is 0 Å². The molecule has 0 saturated heterocycles. The number of para-hydroxylation sites is 3. The number of nitrogens with zero attached hydrogens (tertiary/aromatic N) is 2. The zero-order chi connectivity index (χ0) is 42.8. The predicted octanol–water partition coefficient (Wildman–Crippen LogP) is 17.2. The minimum absolute atomic E-state index is 0. The van der Waals surface area contributed by atoms with E-state index in [1.807, 2.05) is 113 Å². The van der Waals surface area contributed by atoms with Crippen molar-refractivity contribution in [1.82, 2.24) is 9.13 Å². The van der Waals surface area contributed by atoms with Crippen LogP contribution in [0.3, 0.4) is 0 Å². The van der Waals surface area contributed by atoms with Gasteiger partial charge in [0.2, 0.25) is 0 Å². The van der Waals surface area contributed by atoms with Crippen LogP contribution in [0.4, 0.5) is 0 Å². The van der Waals surface area contributed by atoms with Crippen LogP contribution >= 0.6 is 0 Å². The second-order valence-corrected chi connectivity index (χ2v) is 11.4. The monoisotopic (exact) mass is 3510 g/mol. The van der Waals surface area contributed by atoms with Crippen molar-refractivity contribution >= 4 is 54.4 Å². The molecule has 0 saturated carbocycles. The Balaban J connectivity index is -0.0000000152. The zero-order valence-electron chi connectivity index (χ0n) is 55.7. The molecule has 0 aliphatic carbocycles. The van der Waals surface area contributed by atoms with Crippen LogP contribution in [0.1, 0.15) is 88.6 Å². The summed E-state index contributed by atoms with van der Waals surface area (Å²) in [5, 5.41) is 8.03. The molecule has 9 aromatic rings. The van der Waals surface area contributed by atoms with Gasteiger partial charge in [0.1, 0.15) is 0 Å². The molecule has 2 heterocycles. The third-order valence-corrected chi connectivity index (χ3v) is 8.67. The molecular weight excluding hydrogens is 3440 g/mol. The standard InChI is InChI=1S/C17H13N.C13H11N.C13H10.6C2H6.31Y/c1-18-15-9-5-4-8-14(15)17-13-7-3-2-6-12(13)10-11-16(17)18;1-14-12-8-4-2-6-10(12)11-7-3-5-9-13(11)14;1-11-7-5-6-10-13(11)12-8-3-2-4-9-12;6*1-2;;;;;;;;;;;;;;;;;;;;;;;;;;;;;;;/h2-11H,1H3;2-9H,1H3;2-8H,1H3;6*1-2H3;;;;;;;;;;;;;;;;;;;;;;;;;;;;;;;/q;;-2;;;;;;;;;;;;;;;;;;;;;;;;;;;;;;;;;;;;;. The molecule has 31 radical (unpaired) electrons. The summed E-state index contributed by atoms with van der Waals surface area (Å²) in [5.41, 5.74) is 8.69. The molecule has 0 fully saturated rings. The van der Waals surface area contributed by atoms with Crippen molar-refractivity contribution in [2.24, 2.45) is 14.1 Å². The van der Waals surface area contributed by atoms with Gasteiger partial charge >= 0.3 is 0 Å². The Morgan fingerprint density at radius 1 is 0.239 bits per heavy atom. The number of fused-ring (bicyclic) bond motifs is 8. The van der Waals surface area contributed by atoms with Crippen molar-refractivity contribution in [2.75, 3.05) is 0 Å². The smallest absolute Gasteiger partial charge is 0.0495 e. The van der Waals surface area contributed by atoms with Gasteiger partial charge in [0, 0.05) is 1070 Å². The van der Waals surface area contributed by atoms with Crippen molar-refractivity contribution in [1.29, 1.82) is 0 Å². The quantitative estimate of drug-likeness (QED) is 0.145. The van der Waals surface area contributed by atoms with Gasteiger partial charge in [0.15, 0.2) is 0 Å². The Morgan fingerprint density at radius 3 is 0.841 bits per heavy atom. The molecular formula is C55H70N2Y31-2. The van der Waals surface area contributed by atoms with Crippen LogP contribution in [0.25, 0.3) is 65.5 Å². The van der Waals surface area contributed by atoms with Crippen LogP contribution in [0.2, 0.25) is 0 Å². The van der Waals surface area contributed by atoms with Gasteiger partial charge in [0.25, 0.3) is 0 Å². The summed E-state index contributed by atoms with van der Waals surface area (Å²) in [6.07, 6.45) is 0. The normalized spacial score (nSPS) is 6.03. The molecule has 395 valence electrons. The van der Waals surface area contributed by atoms with Crippen molar-refractivity contribution in [3.05, 3.63) is 169 Å². The zero-order valence-corrected chi connectivity index (χ0v) is 144. The van der Waals surface area contributed by atoms with Gasteiger partial charge < -0.3 is 9.13 Å². The second-order valence-electron chi connectivity index (χ2n) is 11.4. The van der Waals surface area contributed by atoms with E-state index in [1.165, 1.54) is 59.9 Å². The van der Waals surface area contributed by atoms with E-state index in [1.54, 1.807) is 0 Å². The molecule has 0 amide bonds. The average molecular weight is 3520 g/mol.